The summed E-state index contributed by atoms with van der Waals surface area (Å²) < 4.78 is 19.9. The van der Waals surface area contributed by atoms with Crippen LogP contribution < -0.4 is 15.6 Å². The third kappa shape index (κ3) is 4.13. The number of methoxy groups -OCH3 is 1. The normalized spacial score (nSPS) is 11.2. The topological polar surface area (TPSA) is 99.0 Å². The fourth-order valence-corrected chi connectivity index (χ4v) is 2.93. The number of nitrogens with one attached hydrogen (secondary N) is 1. The van der Waals surface area contributed by atoms with Crippen molar-refractivity contribution in [3.05, 3.63) is 70.4 Å². The second-order valence-electron chi connectivity index (χ2n) is 6.88. The summed E-state index contributed by atoms with van der Waals surface area (Å²) in [5.41, 5.74) is -0.314. The minimum absolute atomic E-state index is 0.106. The molecule has 3 rings (SSSR count). The molecule has 0 bridgehead atoms. The minimum Gasteiger partial charge on any atom is -0.496 e. The van der Waals surface area contributed by atoms with Crippen molar-refractivity contribution in [1.82, 2.24) is 24.8 Å². The predicted molar refractivity (Wildman–Crippen MR) is 104 cm³/mol. The number of hydrogen-bond acceptors (Lipinski definition) is 6. The standard InChI is InChI=1S/C20H20FN5O3/c1-20(2,25-18(28)13-6-5-12(21)9-16(13)29-4)19-24-15(10-17(27)26(19)3)14-7-8-22-11-23-14/h5-11H,1-4H3,(H,25,28). The van der Waals surface area contributed by atoms with Crippen LogP contribution in [0.15, 0.2) is 47.7 Å². The molecule has 0 aliphatic rings. The Labute approximate surface area is 166 Å². The van der Waals surface area contributed by atoms with Crippen molar-refractivity contribution in [2.75, 3.05) is 7.11 Å². The van der Waals surface area contributed by atoms with E-state index in [-0.39, 0.29) is 16.9 Å². The lowest BCUT2D eigenvalue weighted by Crippen LogP contribution is -2.45. The van der Waals surface area contributed by atoms with Crippen LogP contribution in [0.25, 0.3) is 11.4 Å². The third-order valence-corrected chi connectivity index (χ3v) is 4.37. The third-order valence-electron chi connectivity index (χ3n) is 4.37. The Morgan fingerprint density at radius 2 is 1.97 bits per heavy atom. The Kier molecular flexibility index (Phi) is 5.40. The zero-order valence-corrected chi connectivity index (χ0v) is 16.4. The van der Waals surface area contributed by atoms with Gasteiger partial charge in [0.2, 0.25) is 0 Å². The summed E-state index contributed by atoms with van der Waals surface area (Å²) in [6, 6.07) is 6.65. The molecule has 9 heteroatoms. The minimum atomic E-state index is -1.03. The van der Waals surface area contributed by atoms with Gasteiger partial charge in [0.05, 0.1) is 29.6 Å². The molecule has 2 aromatic heterocycles. The first kappa shape index (κ1) is 20.1. The molecule has 2 heterocycles. The molecule has 0 atom stereocenters. The summed E-state index contributed by atoms with van der Waals surface area (Å²) >= 11 is 0. The number of aromatic nitrogens is 4. The average Bonchev–Trinajstić information content (AvgIpc) is 2.69. The molecule has 1 amide bonds. The lowest BCUT2D eigenvalue weighted by molar-refractivity contribution is 0.0903. The van der Waals surface area contributed by atoms with Gasteiger partial charge in [-0.15, -0.1) is 0 Å². The first-order valence-electron chi connectivity index (χ1n) is 8.74. The molecule has 150 valence electrons. The van der Waals surface area contributed by atoms with E-state index in [1.165, 1.54) is 36.2 Å². The molecule has 0 radical (unpaired) electrons. The number of benzene rings is 1. The van der Waals surface area contributed by atoms with E-state index in [0.29, 0.717) is 17.2 Å². The van der Waals surface area contributed by atoms with Crippen molar-refractivity contribution in [3.8, 4) is 17.1 Å². The number of rotatable bonds is 5. The van der Waals surface area contributed by atoms with Crippen LogP contribution in [-0.2, 0) is 12.6 Å². The first-order valence-corrected chi connectivity index (χ1v) is 8.74. The quantitative estimate of drug-likeness (QED) is 0.708. The van der Waals surface area contributed by atoms with Gasteiger partial charge in [-0.05, 0) is 32.0 Å². The fraction of sp³-hybridized carbons (Fsp3) is 0.250. The lowest BCUT2D eigenvalue weighted by Gasteiger charge is -2.28. The zero-order chi connectivity index (χ0) is 21.2. The van der Waals surface area contributed by atoms with Crippen LogP contribution in [0.5, 0.6) is 5.75 Å². The molecule has 29 heavy (non-hydrogen) atoms. The van der Waals surface area contributed by atoms with Crippen LogP contribution in [0.4, 0.5) is 4.39 Å². The molecule has 0 aliphatic heterocycles. The number of amides is 1. The van der Waals surface area contributed by atoms with Gasteiger partial charge in [-0.25, -0.2) is 19.3 Å². The summed E-state index contributed by atoms with van der Waals surface area (Å²) in [5.74, 6) is -0.573. The van der Waals surface area contributed by atoms with Crippen LogP contribution in [0.2, 0.25) is 0 Å². The van der Waals surface area contributed by atoms with Gasteiger partial charge < -0.3 is 10.1 Å². The Morgan fingerprint density at radius 3 is 2.62 bits per heavy atom. The SMILES string of the molecule is COc1cc(F)ccc1C(=O)NC(C)(C)c1nc(-c2ccncn2)cc(=O)n1C. The van der Waals surface area contributed by atoms with Gasteiger partial charge in [0.1, 0.15) is 23.7 Å². The van der Waals surface area contributed by atoms with Gasteiger partial charge in [-0.2, -0.15) is 0 Å². The van der Waals surface area contributed by atoms with Gasteiger partial charge in [-0.3, -0.25) is 14.2 Å². The molecule has 0 saturated heterocycles. The smallest absolute Gasteiger partial charge is 0.255 e. The number of halogens is 1. The highest BCUT2D eigenvalue weighted by atomic mass is 19.1. The van der Waals surface area contributed by atoms with E-state index in [9.17, 15) is 14.0 Å². The molecule has 8 nitrogen and oxygen atoms in total. The fourth-order valence-electron chi connectivity index (χ4n) is 2.93. The van der Waals surface area contributed by atoms with E-state index in [0.717, 1.165) is 6.07 Å². The highest BCUT2D eigenvalue weighted by Crippen LogP contribution is 2.24. The second kappa shape index (κ2) is 7.78. The van der Waals surface area contributed by atoms with Gasteiger partial charge in [0.15, 0.2) is 0 Å². The van der Waals surface area contributed by atoms with Gasteiger partial charge in [0.25, 0.3) is 11.5 Å². The molecule has 0 aliphatic carbocycles. The highest BCUT2D eigenvalue weighted by Gasteiger charge is 2.29. The second-order valence-corrected chi connectivity index (χ2v) is 6.88. The summed E-state index contributed by atoms with van der Waals surface area (Å²) in [6.07, 6.45) is 2.91. The number of carbonyl (C=O) groups excluding carboxylic acids is 1. The molecular formula is C20H20FN5O3. The van der Waals surface area contributed by atoms with E-state index >= 15 is 0 Å². The average molecular weight is 397 g/mol. The van der Waals surface area contributed by atoms with E-state index in [1.54, 1.807) is 33.2 Å². The van der Waals surface area contributed by atoms with E-state index in [2.05, 4.69) is 20.3 Å². The molecule has 1 aromatic carbocycles. The summed E-state index contributed by atoms with van der Waals surface area (Å²) in [7, 11) is 2.92. The largest absolute Gasteiger partial charge is 0.496 e. The monoisotopic (exact) mass is 397 g/mol. The lowest BCUT2D eigenvalue weighted by atomic mass is 10.0. The summed E-state index contributed by atoms with van der Waals surface area (Å²) in [4.78, 5) is 37.8. The molecule has 0 fully saturated rings. The molecular weight excluding hydrogens is 377 g/mol. The van der Waals surface area contributed by atoms with Crippen molar-refractivity contribution in [1.29, 1.82) is 0 Å². The molecule has 3 aromatic rings. The van der Waals surface area contributed by atoms with Crippen molar-refractivity contribution in [3.63, 3.8) is 0 Å². The van der Waals surface area contributed by atoms with Crippen LogP contribution in [0.1, 0.15) is 30.0 Å². The zero-order valence-electron chi connectivity index (χ0n) is 16.4. The van der Waals surface area contributed by atoms with Crippen molar-refractivity contribution >= 4 is 5.91 Å². The van der Waals surface area contributed by atoms with Crippen molar-refractivity contribution in [2.45, 2.75) is 19.4 Å². The maximum atomic E-state index is 13.4. The Hall–Kier alpha value is -3.62. The number of carbonyl (C=O) groups is 1. The predicted octanol–water partition coefficient (Wildman–Crippen LogP) is 2.05. The molecule has 0 spiro atoms. The summed E-state index contributed by atoms with van der Waals surface area (Å²) in [5, 5.41) is 2.83. The maximum Gasteiger partial charge on any atom is 0.255 e. The summed E-state index contributed by atoms with van der Waals surface area (Å²) in [6.45, 7) is 3.43. The van der Waals surface area contributed by atoms with Crippen LogP contribution >= 0.6 is 0 Å². The molecule has 0 saturated carbocycles. The Balaban J connectivity index is 2.00. The maximum absolute atomic E-state index is 13.4. The van der Waals surface area contributed by atoms with Crippen molar-refractivity contribution in [2.24, 2.45) is 7.05 Å². The number of nitrogens with zero attached hydrogens (tertiary/aromatic N) is 4. The first-order chi connectivity index (χ1) is 13.7. The van der Waals surface area contributed by atoms with Gasteiger partial charge >= 0.3 is 0 Å². The van der Waals surface area contributed by atoms with Crippen LogP contribution in [-0.4, -0.2) is 32.5 Å². The Morgan fingerprint density at radius 1 is 1.21 bits per heavy atom. The van der Waals surface area contributed by atoms with Gasteiger partial charge in [-0.1, -0.05) is 0 Å². The molecule has 0 unspecified atom stereocenters. The molecule has 1 N–H and O–H groups in total. The van der Waals surface area contributed by atoms with Crippen molar-refractivity contribution < 1.29 is 13.9 Å². The van der Waals surface area contributed by atoms with E-state index in [1.807, 2.05) is 0 Å². The van der Waals surface area contributed by atoms with Crippen LogP contribution in [0, 0.1) is 5.82 Å². The van der Waals surface area contributed by atoms with Crippen LogP contribution in [0.3, 0.4) is 0 Å². The number of hydrogen-bond donors (Lipinski definition) is 1. The Bertz CT molecular complexity index is 1110. The van der Waals surface area contributed by atoms with Gasteiger partial charge in [0, 0.05) is 25.4 Å². The number of ether oxygens (including phenoxy) is 1. The van der Waals surface area contributed by atoms with E-state index < -0.39 is 17.3 Å². The van der Waals surface area contributed by atoms with E-state index in [4.69, 9.17) is 4.74 Å². The highest BCUT2D eigenvalue weighted by molar-refractivity contribution is 5.97.